The molecule has 1 unspecified atom stereocenters. The fourth-order valence-corrected chi connectivity index (χ4v) is 8.80. The number of carboxylic acid groups (broad SMARTS) is 1. The van der Waals surface area contributed by atoms with E-state index in [0.717, 1.165) is 42.3 Å². The van der Waals surface area contributed by atoms with Crippen LogP contribution in [-0.2, 0) is 36.5 Å². The van der Waals surface area contributed by atoms with Gasteiger partial charge >= 0.3 is 12.1 Å². The van der Waals surface area contributed by atoms with Gasteiger partial charge in [0.1, 0.15) is 5.75 Å². The zero-order valence-corrected chi connectivity index (χ0v) is 30.8. The van der Waals surface area contributed by atoms with Crippen LogP contribution in [0.25, 0.3) is 0 Å². The number of likely N-dealkylation sites (tertiary alicyclic amines) is 2. The first-order valence-corrected chi connectivity index (χ1v) is 18.5. The molecule has 0 saturated carbocycles. The Labute approximate surface area is 309 Å². The molecule has 0 aliphatic carbocycles. The first-order valence-electron chi connectivity index (χ1n) is 16.3. The number of anilines is 1. The van der Waals surface area contributed by atoms with Crippen molar-refractivity contribution in [1.82, 2.24) is 14.7 Å². The SMILES string of the molecule is COc1cc(CN2CCCC2)ccc1[C@]1(N2CCCC2C(=O)N(C)C)C(=O)N(S(=O)(=O)c2ccc(Cl)cc2)c2ccc(Cl)cc21.O=C(O)C(F)(F)F. The normalized spacial score (nSPS) is 20.7. The van der Waals surface area contributed by atoms with Crippen LogP contribution >= 0.6 is 23.2 Å². The fourth-order valence-electron chi connectivity index (χ4n) is 7.04. The van der Waals surface area contributed by atoms with Gasteiger partial charge in [0.15, 0.2) is 5.54 Å². The van der Waals surface area contributed by atoms with E-state index in [4.69, 9.17) is 37.8 Å². The van der Waals surface area contributed by atoms with Crippen LogP contribution in [-0.4, -0.2) is 99.1 Å². The molecule has 0 bridgehead atoms. The number of likely N-dealkylation sites (N-methyl/N-ethyl adjacent to an activating group) is 1. The number of hydrogen-bond acceptors (Lipinski definition) is 8. The van der Waals surface area contributed by atoms with E-state index in [1.165, 1.54) is 29.2 Å². The van der Waals surface area contributed by atoms with Gasteiger partial charge in [-0.05, 0) is 92.9 Å². The summed E-state index contributed by atoms with van der Waals surface area (Å²) in [5.41, 5.74) is 0.282. The first kappa shape index (κ1) is 39.3. The van der Waals surface area contributed by atoms with E-state index in [0.29, 0.717) is 46.3 Å². The summed E-state index contributed by atoms with van der Waals surface area (Å²) in [5.74, 6) is -3.22. The summed E-state index contributed by atoms with van der Waals surface area (Å²) >= 11 is 12.7. The molecule has 6 rings (SSSR count). The lowest BCUT2D eigenvalue weighted by molar-refractivity contribution is -0.192. The summed E-state index contributed by atoms with van der Waals surface area (Å²) in [4.78, 5) is 43.5. The van der Waals surface area contributed by atoms with Gasteiger partial charge < -0.3 is 14.7 Å². The van der Waals surface area contributed by atoms with Crippen molar-refractivity contribution in [3.05, 3.63) is 87.4 Å². The Balaban J connectivity index is 0.000000679. The zero-order valence-electron chi connectivity index (χ0n) is 28.5. The average molecular weight is 786 g/mol. The molecule has 2 saturated heterocycles. The number of carbonyl (C=O) groups excluding carboxylic acids is 2. The highest BCUT2D eigenvalue weighted by atomic mass is 35.5. The molecule has 52 heavy (non-hydrogen) atoms. The van der Waals surface area contributed by atoms with Crippen LogP contribution in [0.3, 0.4) is 0 Å². The summed E-state index contributed by atoms with van der Waals surface area (Å²) in [6.45, 7) is 3.12. The molecule has 0 radical (unpaired) electrons. The minimum atomic E-state index is -5.08. The van der Waals surface area contributed by atoms with Gasteiger partial charge in [-0.25, -0.2) is 17.5 Å². The number of amides is 2. The second-order valence-electron chi connectivity index (χ2n) is 12.8. The van der Waals surface area contributed by atoms with E-state index in [-0.39, 0.29) is 16.5 Å². The van der Waals surface area contributed by atoms with Crippen molar-refractivity contribution in [2.24, 2.45) is 0 Å². The molecular formula is C35H37Cl2F3N4O7S. The number of ether oxygens (including phenoxy) is 1. The number of carboxylic acids is 1. The van der Waals surface area contributed by atoms with E-state index in [2.05, 4.69) is 4.90 Å². The monoisotopic (exact) mass is 784 g/mol. The third-order valence-electron chi connectivity index (χ3n) is 9.33. The molecule has 17 heteroatoms. The van der Waals surface area contributed by atoms with Gasteiger partial charge in [-0.3, -0.25) is 19.4 Å². The Bertz CT molecular complexity index is 1960. The maximum absolute atomic E-state index is 15.3. The molecule has 3 aliphatic rings. The van der Waals surface area contributed by atoms with E-state index in [9.17, 15) is 26.4 Å². The number of rotatable bonds is 8. The molecule has 3 heterocycles. The van der Waals surface area contributed by atoms with Crippen LogP contribution in [0.2, 0.25) is 10.0 Å². The molecule has 3 aliphatic heterocycles. The van der Waals surface area contributed by atoms with Crippen LogP contribution in [0.5, 0.6) is 5.75 Å². The van der Waals surface area contributed by atoms with Crippen LogP contribution in [0.4, 0.5) is 18.9 Å². The molecule has 0 spiro atoms. The highest BCUT2D eigenvalue weighted by molar-refractivity contribution is 7.93. The average Bonchev–Trinajstić information content (AvgIpc) is 3.84. The minimum absolute atomic E-state index is 0.0905. The molecule has 1 N–H and O–H groups in total. The smallest absolute Gasteiger partial charge is 0.490 e. The Kier molecular flexibility index (Phi) is 11.5. The topological polar surface area (TPSA) is 128 Å². The standard InChI is InChI=1S/C33H36Cl2N4O5S.C2HF3O2/c1-36(2)31(40)29-7-6-18-38(29)33(26-14-8-22(19-30(26)44-3)21-37-16-4-5-17-37)27-20-24(35)11-15-28(27)39(32(33)41)45(42,43)25-12-9-23(34)10-13-25;3-2(4,5)1(6)7/h8-15,19-20,29H,4-7,16-18,21H2,1-3H3;(H,6,7)/t29?,33-;/m1./s1. The highest BCUT2D eigenvalue weighted by Crippen LogP contribution is 2.55. The van der Waals surface area contributed by atoms with Gasteiger partial charge in [0, 0.05) is 48.4 Å². The fraction of sp³-hybridized carbons (Fsp3) is 0.400. The summed E-state index contributed by atoms with van der Waals surface area (Å²) in [6.07, 6.45) is -1.65. The lowest BCUT2D eigenvalue weighted by Gasteiger charge is -2.42. The van der Waals surface area contributed by atoms with Gasteiger partial charge in [-0.2, -0.15) is 13.2 Å². The van der Waals surface area contributed by atoms with E-state index in [1.807, 2.05) is 23.1 Å². The van der Waals surface area contributed by atoms with Crippen LogP contribution in [0, 0.1) is 0 Å². The number of halogens is 5. The van der Waals surface area contributed by atoms with Crippen LogP contribution in [0.1, 0.15) is 42.4 Å². The van der Waals surface area contributed by atoms with Gasteiger partial charge in [0.25, 0.3) is 15.9 Å². The molecule has 3 aromatic rings. The summed E-state index contributed by atoms with van der Waals surface area (Å²) in [7, 11) is 0.473. The third-order valence-corrected chi connectivity index (χ3v) is 11.5. The number of fused-ring (bicyclic) bond motifs is 1. The predicted molar refractivity (Wildman–Crippen MR) is 188 cm³/mol. The molecular weight excluding hydrogens is 748 g/mol. The molecule has 11 nitrogen and oxygen atoms in total. The van der Waals surface area contributed by atoms with Crippen molar-refractivity contribution in [3.8, 4) is 5.75 Å². The molecule has 0 aromatic heterocycles. The molecule has 2 atom stereocenters. The number of nitrogens with zero attached hydrogens (tertiary/aromatic N) is 4. The second kappa shape index (κ2) is 15.2. The van der Waals surface area contributed by atoms with Gasteiger partial charge in [-0.15, -0.1) is 0 Å². The minimum Gasteiger partial charge on any atom is -0.496 e. The lowest BCUT2D eigenvalue weighted by Crippen LogP contribution is -2.59. The summed E-state index contributed by atoms with van der Waals surface area (Å²) in [6, 6.07) is 15.5. The highest BCUT2D eigenvalue weighted by Gasteiger charge is 2.63. The second-order valence-corrected chi connectivity index (χ2v) is 15.5. The molecule has 2 fully saturated rings. The van der Waals surface area contributed by atoms with Gasteiger partial charge in [-0.1, -0.05) is 35.3 Å². The Morgan fingerprint density at radius 1 is 0.942 bits per heavy atom. The number of carbonyl (C=O) groups is 3. The first-order chi connectivity index (χ1) is 24.4. The van der Waals surface area contributed by atoms with Crippen molar-refractivity contribution in [2.45, 2.75) is 54.9 Å². The van der Waals surface area contributed by atoms with E-state index < -0.39 is 39.7 Å². The van der Waals surface area contributed by atoms with Crippen LogP contribution < -0.4 is 9.04 Å². The number of aliphatic carboxylic acids is 1. The van der Waals surface area contributed by atoms with E-state index in [1.54, 1.807) is 39.4 Å². The lowest BCUT2D eigenvalue weighted by atomic mass is 9.80. The maximum atomic E-state index is 15.3. The number of methoxy groups -OCH3 is 1. The zero-order chi connectivity index (χ0) is 38.2. The number of alkyl halides is 3. The van der Waals surface area contributed by atoms with Gasteiger partial charge in [0.2, 0.25) is 5.91 Å². The Morgan fingerprint density at radius 2 is 1.56 bits per heavy atom. The van der Waals surface area contributed by atoms with Crippen molar-refractivity contribution in [2.75, 3.05) is 45.1 Å². The van der Waals surface area contributed by atoms with Gasteiger partial charge in [0.05, 0.1) is 23.7 Å². The van der Waals surface area contributed by atoms with E-state index >= 15 is 4.79 Å². The summed E-state index contributed by atoms with van der Waals surface area (Å²) < 4.78 is 67.3. The van der Waals surface area contributed by atoms with Crippen LogP contribution in [0.15, 0.2) is 65.6 Å². The molecule has 2 amide bonds. The van der Waals surface area contributed by atoms with Crippen molar-refractivity contribution < 1.29 is 45.8 Å². The summed E-state index contributed by atoms with van der Waals surface area (Å²) in [5, 5.41) is 7.82. The van der Waals surface area contributed by atoms with Crippen molar-refractivity contribution >= 4 is 56.7 Å². The Hall–Kier alpha value is -3.89. The number of benzene rings is 3. The van der Waals surface area contributed by atoms with Crippen molar-refractivity contribution in [1.29, 1.82) is 0 Å². The Morgan fingerprint density at radius 3 is 2.13 bits per heavy atom. The number of hydrogen-bond donors (Lipinski definition) is 1. The third kappa shape index (κ3) is 7.33. The largest absolute Gasteiger partial charge is 0.496 e. The molecule has 3 aromatic carbocycles. The number of sulfonamides is 1. The molecule has 280 valence electrons. The van der Waals surface area contributed by atoms with Crippen molar-refractivity contribution in [3.63, 3.8) is 0 Å². The quantitative estimate of drug-likeness (QED) is 0.303. The predicted octanol–water partition coefficient (Wildman–Crippen LogP) is 5.76. The maximum Gasteiger partial charge on any atom is 0.490 e.